The van der Waals surface area contributed by atoms with Crippen LogP contribution in [0, 0.1) is 5.92 Å². The lowest BCUT2D eigenvalue weighted by molar-refractivity contribution is -0.119. The van der Waals surface area contributed by atoms with Gasteiger partial charge in [-0.15, -0.1) is 0 Å². The molecule has 2 atom stereocenters. The molecule has 1 saturated heterocycles. The highest BCUT2D eigenvalue weighted by Crippen LogP contribution is 2.20. The van der Waals surface area contributed by atoms with Crippen molar-refractivity contribution in [3.63, 3.8) is 0 Å². The number of carbonyl (C=O) groups excluding carboxylic acids is 1. The Morgan fingerprint density at radius 2 is 2.44 bits per heavy atom. The van der Waals surface area contributed by atoms with Gasteiger partial charge in [-0.3, -0.25) is 4.79 Å². The smallest absolute Gasteiger partial charge is 0.241 e. The first-order chi connectivity index (χ1) is 8.69. The van der Waals surface area contributed by atoms with Gasteiger partial charge in [0.2, 0.25) is 5.91 Å². The standard InChI is InChI=1S/C13H18BrN3O/c1-2-9-5-6-15-11(7-9)13(18)17-10-3-4-12(14)16-8-10/h3-4,8-9,11,15H,2,5-7H2,1H3,(H,17,18). The van der Waals surface area contributed by atoms with Crippen LogP contribution < -0.4 is 10.6 Å². The minimum Gasteiger partial charge on any atom is -0.323 e. The van der Waals surface area contributed by atoms with Crippen LogP contribution in [0.3, 0.4) is 0 Å². The molecule has 1 aromatic heterocycles. The van der Waals surface area contributed by atoms with Crippen LogP contribution in [0.2, 0.25) is 0 Å². The molecule has 0 aliphatic carbocycles. The third-order valence-corrected chi connectivity index (χ3v) is 3.87. The summed E-state index contributed by atoms with van der Waals surface area (Å²) in [6, 6.07) is 3.58. The van der Waals surface area contributed by atoms with E-state index in [2.05, 4.69) is 38.5 Å². The number of halogens is 1. The van der Waals surface area contributed by atoms with E-state index < -0.39 is 0 Å². The average molecular weight is 312 g/mol. The maximum Gasteiger partial charge on any atom is 0.241 e. The number of rotatable bonds is 3. The average Bonchev–Trinajstić information content (AvgIpc) is 2.41. The lowest BCUT2D eigenvalue weighted by atomic mass is 9.90. The minimum atomic E-state index is -0.0765. The molecule has 2 unspecified atom stereocenters. The number of hydrogen-bond donors (Lipinski definition) is 2. The molecular weight excluding hydrogens is 294 g/mol. The van der Waals surface area contributed by atoms with E-state index in [0.717, 1.165) is 29.7 Å². The van der Waals surface area contributed by atoms with Crippen LogP contribution in [0.15, 0.2) is 22.9 Å². The summed E-state index contributed by atoms with van der Waals surface area (Å²) >= 11 is 3.27. The van der Waals surface area contributed by atoms with Gasteiger partial charge in [0.15, 0.2) is 0 Å². The lowest BCUT2D eigenvalue weighted by Gasteiger charge is -2.28. The zero-order chi connectivity index (χ0) is 13.0. The van der Waals surface area contributed by atoms with Gasteiger partial charge in [-0.2, -0.15) is 0 Å². The largest absolute Gasteiger partial charge is 0.323 e. The van der Waals surface area contributed by atoms with Crippen molar-refractivity contribution in [2.75, 3.05) is 11.9 Å². The van der Waals surface area contributed by atoms with E-state index in [9.17, 15) is 4.79 Å². The van der Waals surface area contributed by atoms with Crippen molar-refractivity contribution in [1.29, 1.82) is 0 Å². The van der Waals surface area contributed by atoms with E-state index in [-0.39, 0.29) is 11.9 Å². The quantitative estimate of drug-likeness (QED) is 0.844. The second kappa shape index (κ2) is 6.29. The number of piperidine rings is 1. The molecule has 0 aromatic carbocycles. The summed E-state index contributed by atoms with van der Waals surface area (Å²) in [7, 11) is 0. The molecule has 0 saturated carbocycles. The molecule has 0 spiro atoms. The zero-order valence-corrected chi connectivity index (χ0v) is 12.0. The fraction of sp³-hybridized carbons (Fsp3) is 0.538. The van der Waals surface area contributed by atoms with E-state index in [4.69, 9.17) is 0 Å². The van der Waals surface area contributed by atoms with Crippen LogP contribution in [0.4, 0.5) is 5.69 Å². The number of amides is 1. The Morgan fingerprint density at radius 3 is 3.11 bits per heavy atom. The number of carbonyl (C=O) groups is 1. The monoisotopic (exact) mass is 311 g/mol. The van der Waals surface area contributed by atoms with Crippen molar-refractivity contribution in [3.8, 4) is 0 Å². The minimum absolute atomic E-state index is 0.0391. The van der Waals surface area contributed by atoms with Crippen molar-refractivity contribution >= 4 is 27.5 Å². The highest BCUT2D eigenvalue weighted by atomic mass is 79.9. The fourth-order valence-corrected chi connectivity index (χ4v) is 2.48. The fourth-order valence-electron chi connectivity index (χ4n) is 2.25. The van der Waals surface area contributed by atoms with Gasteiger partial charge in [0.05, 0.1) is 17.9 Å². The van der Waals surface area contributed by atoms with E-state index in [0.29, 0.717) is 5.92 Å². The van der Waals surface area contributed by atoms with Crippen LogP contribution >= 0.6 is 15.9 Å². The van der Waals surface area contributed by atoms with Gasteiger partial charge >= 0.3 is 0 Å². The van der Waals surface area contributed by atoms with E-state index in [1.165, 1.54) is 6.42 Å². The maximum absolute atomic E-state index is 12.1. The van der Waals surface area contributed by atoms with Crippen molar-refractivity contribution in [3.05, 3.63) is 22.9 Å². The summed E-state index contributed by atoms with van der Waals surface area (Å²) in [6.45, 7) is 3.11. The van der Waals surface area contributed by atoms with Crippen LogP contribution in [-0.2, 0) is 4.79 Å². The number of aromatic nitrogens is 1. The number of anilines is 1. The van der Waals surface area contributed by atoms with Gasteiger partial charge < -0.3 is 10.6 Å². The second-order valence-electron chi connectivity index (χ2n) is 4.66. The summed E-state index contributed by atoms with van der Waals surface area (Å²) in [5.41, 5.74) is 0.739. The predicted octanol–water partition coefficient (Wildman–Crippen LogP) is 2.56. The highest BCUT2D eigenvalue weighted by Gasteiger charge is 2.25. The van der Waals surface area contributed by atoms with Crippen LogP contribution in [-0.4, -0.2) is 23.5 Å². The summed E-state index contributed by atoms with van der Waals surface area (Å²) in [6.07, 6.45) is 4.89. The Hall–Kier alpha value is -0.940. The second-order valence-corrected chi connectivity index (χ2v) is 5.48. The molecule has 2 rings (SSSR count). The lowest BCUT2D eigenvalue weighted by Crippen LogP contribution is -2.46. The zero-order valence-electron chi connectivity index (χ0n) is 10.4. The SMILES string of the molecule is CCC1CCNC(C(=O)Nc2ccc(Br)nc2)C1. The third-order valence-electron chi connectivity index (χ3n) is 3.40. The normalized spacial score (nSPS) is 23.7. The maximum atomic E-state index is 12.1. The van der Waals surface area contributed by atoms with Crippen molar-refractivity contribution in [2.45, 2.75) is 32.2 Å². The van der Waals surface area contributed by atoms with Crippen LogP contribution in [0.5, 0.6) is 0 Å². The number of pyridine rings is 1. The Bertz CT molecular complexity index is 407. The Labute approximate surface area is 116 Å². The van der Waals surface area contributed by atoms with E-state index in [1.807, 2.05) is 12.1 Å². The number of nitrogens with one attached hydrogen (secondary N) is 2. The molecule has 4 nitrogen and oxygen atoms in total. The van der Waals surface area contributed by atoms with Gasteiger partial charge in [-0.05, 0) is 53.4 Å². The number of hydrogen-bond acceptors (Lipinski definition) is 3. The molecule has 1 aromatic rings. The first-order valence-electron chi connectivity index (χ1n) is 6.35. The van der Waals surface area contributed by atoms with Crippen molar-refractivity contribution in [2.24, 2.45) is 5.92 Å². The topological polar surface area (TPSA) is 54.0 Å². The molecule has 1 fully saturated rings. The molecule has 1 amide bonds. The van der Waals surface area contributed by atoms with Gasteiger partial charge in [0.25, 0.3) is 0 Å². The van der Waals surface area contributed by atoms with E-state index >= 15 is 0 Å². The molecular formula is C13H18BrN3O. The summed E-state index contributed by atoms with van der Waals surface area (Å²) in [5, 5.41) is 6.17. The molecule has 18 heavy (non-hydrogen) atoms. The third kappa shape index (κ3) is 3.53. The summed E-state index contributed by atoms with van der Waals surface area (Å²) < 4.78 is 0.766. The Morgan fingerprint density at radius 1 is 1.61 bits per heavy atom. The van der Waals surface area contributed by atoms with Gasteiger partial charge in [0.1, 0.15) is 4.60 Å². The molecule has 1 aliphatic heterocycles. The number of nitrogens with zero attached hydrogens (tertiary/aromatic N) is 1. The Kier molecular flexibility index (Phi) is 4.72. The van der Waals surface area contributed by atoms with Crippen LogP contribution in [0.1, 0.15) is 26.2 Å². The molecule has 2 heterocycles. The van der Waals surface area contributed by atoms with Crippen molar-refractivity contribution in [1.82, 2.24) is 10.3 Å². The van der Waals surface area contributed by atoms with Gasteiger partial charge in [-0.1, -0.05) is 13.3 Å². The molecule has 1 aliphatic rings. The Balaban J connectivity index is 1.93. The molecule has 98 valence electrons. The van der Waals surface area contributed by atoms with Gasteiger partial charge in [-0.25, -0.2) is 4.98 Å². The molecule has 5 heteroatoms. The van der Waals surface area contributed by atoms with Crippen LogP contribution in [0.25, 0.3) is 0 Å². The summed E-state index contributed by atoms with van der Waals surface area (Å²) in [5.74, 6) is 0.697. The van der Waals surface area contributed by atoms with Gasteiger partial charge in [0, 0.05) is 0 Å². The first-order valence-corrected chi connectivity index (χ1v) is 7.14. The first kappa shape index (κ1) is 13.5. The summed E-state index contributed by atoms with van der Waals surface area (Å²) in [4.78, 5) is 16.2. The predicted molar refractivity (Wildman–Crippen MR) is 75.4 cm³/mol. The molecule has 0 radical (unpaired) electrons. The highest BCUT2D eigenvalue weighted by molar-refractivity contribution is 9.10. The molecule has 2 N–H and O–H groups in total. The van der Waals surface area contributed by atoms with E-state index in [1.54, 1.807) is 6.20 Å². The van der Waals surface area contributed by atoms with Crippen molar-refractivity contribution < 1.29 is 4.79 Å². The molecule has 0 bridgehead atoms.